The molecule has 1 aromatic carbocycles. The van der Waals surface area contributed by atoms with Gasteiger partial charge in [-0.3, -0.25) is 4.79 Å². The van der Waals surface area contributed by atoms with Gasteiger partial charge in [-0.1, -0.05) is 19.9 Å². The third kappa shape index (κ3) is 1.72. The fourth-order valence-corrected chi connectivity index (χ4v) is 2.52. The van der Waals surface area contributed by atoms with Crippen LogP contribution in [0.5, 0.6) is 5.75 Å². The Kier molecular flexibility index (Phi) is 2.98. The van der Waals surface area contributed by atoms with Crippen molar-refractivity contribution in [3.05, 3.63) is 23.8 Å². The van der Waals surface area contributed by atoms with Crippen molar-refractivity contribution >= 4 is 17.7 Å². The van der Waals surface area contributed by atoms with Crippen LogP contribution in [0.2, 0.25) is 0 Å². The van der Waals surface area contributed by atoms with E-state index in [1.165, 1.54) is 0 Å². The largest absolute Gasteiger partial charge is 0.511 e. The van der Waals surface area contributed by atoms with E-state index in [2.05, 4.69) is 10.1 Å². The minimum Gasteiger partial charge on any atom is -0.449 e. The van der Waals surface area contributed by atoms with Crippen LogP contribution in [-0.4, -0.2) is 17.2 Å². The van der Waals surface area contributed by atoms with Crippen LogP contribution in [0.1, 0.15) is 32.3 Å². The number of nitrogens with one attached hydrogen (secondary N) is 1. The van der Waals surface area contributed by atoms with E-state index in [1.807, 2.05) is 13.8 Å². The topological polar surface area (TPSA) is 75.6 Å². The number of hydrogen-bond acceptors (Lipinski definition) is 3. The second-order valence-corrected chi connectivity index (χ2v) is 4.32. The van der Waals surface area contributed by atoms with Crippen LogP contribution < -0.4 is 10.1 Å². The second-order valence-electron chi connectivity index (χ2n) is 4.32. The molecule has 0 aromatic heterocycles. The summed E-state index contributed by atoms with van der Waals surface area (Å²) in [4.78, 5) is 22.5. The number of ether oxygens (including phenoxy) is 1. The lowest BCUT2D eigenvalue weighted by Crippen LogP contribution is -2.32. The molecule has 0 spiro atoms. The molecule has 0 bridgehead atoms. The molecule has 0 saturated carbocycles. The molecule has 96 valence electrons. The molecule has 5 nitrogen and oxygen atoms in total. The van der Waals surface area contributed by atoms with Gasteiger partial charge in [0.05, 0.1) is 5.41 Å². The number of carbonyl (C=O) groups is 2. The Morgan fingerprint density at radius 2 is 2.06 bits per heavy atom. The standard InChI is InChI=1S/C13H15NO4/c1-3-13(4-2)9-6-5-8(18-12(16)17)7-10(9)14-11(13)15/h5-7H,3-4H2,1-2H3,(H,14,15)(H,16,17). The summed E-state index contributed by atoms with van der Waals surface area (Å²) in [5.74, 6) is 0.180. The zero-order valence-electron chi connectivity index (χ0n) is 10.3. The predicted molar refractivity (Wildman–Crippen MR) is 66.0 cm³/mol. The van der Waals surface area contributed by atoms with Gasteiger partial charge in [0.2, 0.25) is 5.91 Å². The van der Waals surface area contributed by atoms with Crippen LogP contribution in [0.4, 0.5) is 10.5 Å². The van der Waals surface area contributed by atoms with Crippen LogP contribution in [0.25, 0.3) is 0 Å². The quantitative estimate of drug-likeness (QED) is 0.638. The van der Waals surface area contributed by atoms with Gasteiger partial charge in [0, 0.05) is 11.8 Å². The van der Waals surface area contributed by atoms with E-state index in [0.717, 1.165) is 5.56 Å². The minimum absolute atomic E-state index is 0.0324. The SMILES string of the molecule is CCC1(CC)C(=O)Nc2cc(OC(=O)O)ccc21. The Morgan fingerprint density at radius 3 is 2.61 bits per heavy atom. The van der Waals surface area contributed by atoms with Crippen LogP contribution in [0.15, 0.2) is 18.2 Å². The zero-order chi connectivity index (χ0) is 13.3. The van der Waals surface area contributed by atoms with E-state index in [1.54, 1.807) is 18.2 Å². The maximum atomic E-state index is 12.1. The van der Waals surface area contributed by atoms with Crippen molar-refractivity contribution in [2.24, 2.45) is 0 Å². The number of benzene rings is 1. The maximum absolute atomic E-state index is 12.1. The number of anilines is 1. The highest BCUT2D eigenvalue weighted by atomic mass is 16.7. The van der Waals surface area contributed by atoms with E-state index in [-0.39, 0.29) is 11.7 Å². The molecular formula is C13H15NO4. The number of hydrogen-bond donors (Lipinski definition) is 2. The average Bonchev–Trinajstić information content (AvgIpc) is 2.59. The third-order valence-corrected chi connectivity index (χ3v) is 3.60. The Hall–Kier alpha value is -2.04. The zero-order valence-corrected chi connectivity index (χ0v) is 10.3. The van der Waals surface area contributed by atoms with Crippen molar-refractivity contribution in [2.45, 2.75) is 32.1 Å². The van der Waals surface area contributed by atoms with Gasteiger partial charge in [-0.05, 0) is 24.5 Å². The van der Waals surface area contributed by atoms with E-state index >= 15 is 0 Å². The summed E-state index contributed by atoms with van der Waals surface area (Å²) < 4.78 is 4.58. The molecule has 5 heteroatoms. The number of carbonyl (C=O) groups excluding carboxylic acids is 1. The van der Waals surface area contributed by atoms with Gasteiger partial charge in [-0.25, -0.2) is 4.79 Å². The van der Waals surface area contributed by atoms with Crippen molar-refractivity contribution in [3.8, 4) is 5.75 Å². The lowest BCUT2D eigenvalue weighted by molar-refractivity contribution is -0.121. The first kappa shape index (κ1) is 12.4. The number of carboxylic acid groups (broad SMARTS) is 1. The van der Waals surface area contributed by atoms with Gasteiger partial charge in [0.1, 0.15) is 5.75 Å². The maximum Gasteiger partial charge on any atom is 0.511 e. The number of amides is 1. The van der Waals surface area contributed by atoms with E-state index in [4.69, 9.17) is 5.11 Å². The van der Waals surface area contributed by atoms with Crippen LogP contribution in [0, 0.1) is 0 Å². The highest BCUT2D eigenvalue weighted by molar-refractivity contribution is 6.06. The van der Waals surface area contributed by atoms with Gasteiger partial charge < -0.3 is 15.2 Å². The summed E-state index contributed by atoms with van der Waals surface area (Å²) in [6, 6.07) is 4.89. The molecule has 18 heavy (non-hydrogen) atoms. The molecule has 2 rings (SSSR count). The minimum atomic E-state index is -1.36. The Bertz CT molecular complexity index is 506. The van der Waals surface area contributed by atoms with Crippen molar-refractivity contribution in [3.63, 3.8) is 0 Å². The molecule has 1 amide bonds. The van der Waals surface area contributed by atoms with Crippen molar-refractivity contribution in [1.29, 1.82) is 0 Å². The molecule has 0 fully saturated rings. The molecule has 0 radical (unpaired) electrons. The molecule has 2 N–H and O–H groups in total. The van der Waals surface area contributed by atoms with E-state index < -0.39 is 11.6 Å². The lowest BCUT2D eigenvalue weighted by Gasteiger charge is -2.23. The van der Waals surface area contributed by atoms with E-state index in [9.17, 15) is 9.59 Å². The highest BCUT2D eigenvalue weighted by Gasteiger charge is 2.43. The van der Waals surface area contributed by atoms with Gasteiger partial charge in [0.15, 0.2) is 0 Å². The summed E-state index contributed by atoms with van der Waals surface area (Å²) in [6.45, 7) is 3.94. The molecule has 1 aliphatic heterocycles. The molecule has 0 aliphatic carbocycles. The highest BCUT2D eigenvalue weighted by Crippen LogP contribution is 2.43. The summed E-state index contributed by atoms with van der Waals surface area (Å²) in [7, 11) is 0. The monoisotopic (exact) mass is 249 g/mol. The molecule has 0 unspecified atom stereocenters. The van der Waals surface area contributed by atoms with Gasteiger partial charge in [-0.2, -0.15) is 0 Å². The Balaban J connectivity index is 2.44. The van der Waals surface area contributed by atoms with Crippen LogP contribution >= 0.6 is 0 Å². The summed E-state index contributed by atoms with van der Waals surface area (Å²) in [5.41, 5.74) is 1.05. The fraction of sp³-hybridized carbons (Fsp3) is 0.385. The number of fused-ring (bicyclic) bond motifs is 1. The predicted octanol–water partition coefficient (Wildman–Crippen LogP) is 2.75. The normalized spacial score (nSPS) is 16.0. The lowest BCUT2D eigenvalue weighted by atomic mass is 9.77. The smallest absolute Gasteiger partial charge is 0.449 e. The molecule has 1 aliphatic rings. The first-order valence-electron chi connectivity index (χ1n) is 5.90. The van der Waals surface area contributed by atoms with Crippen LogP contribution in [0.3, 0.4) is 0 Å². The first-order valence-corrected chi connectivity index (χ1v) is 5.90. The molecule has 0 saturated heterocycles. The van der Waals surface area contributed by atoms with Gasteiger partial charge in [0.25, 0.3) is 0 Å². The number of rotatable bonds is 3. The van der Waals surface area contributed by atoms with Gasteiger partial charge in [-0.15, -0.1) is 0 Å². The Labute approximate surface area is 105 Å². The summed E-state index contributed by atoms with van der Waals surface area (Å²) in [6.07, 6.45) is 0.0552. The molecular weight excluding hydrogens is 234 g/mol. The van der Waals surface area contributed by atoms with Gasteiger partial charge >= 0.3 is 6.16 Å². The van der Waals surface area contributed by atoms with Crippen molar-refractivity contribution < 1.29 is 19.4 Å². The van der Waals surface area contributed by atoms with E-state index in [0.29, 0.717) is 18.5 Å². The second kappa shape index (κ2) is 4.33. The summed E-state index contributed by atoms with van der Waals surface area (Å²) in [5, 5.41) is 11.3. The molecule has 1 aromatic rings. The molecule has 1 heterocycles. The fourth-order valence-electron chi connectivity index (χ4n) is 2.52. The van der Waals surface area contributed by atoms with Crippen molar-refractivity contribution in [2.75, 3.05) is 5.32 Å². The first-order chi connectivity index (χ1) is 8.53. The average molecular weight is 249 g/mol. The Morgan fingerprint density at radius 1 is 1.39 bits per heavy atom. The molecule has 0 atom stereocenters. The van der Waals surface area contributed by atoms with Crippen LogP contribution in [-0.2, 0) is 10.2 Å². The summed E-state index contributed by atoms with van der Waals surface area (Å²) >= 11 is 0. The third-order valence-electron chi connectivity index (χ3n) is 3.60. The van der Waals surface area contributed by atoms with Crippen molar-refractivity contribution in [1.82, 2.24) is 0 Å².